The Labute approximate surface area is 142 Å². The van der Waals surface area contributed by atoms with Crippen LogP contribution in [0.3, 0.4) is 0 Å². The quantitative estimate of drug-likeness (QED) is 0.932. The third-order valence-electron chi connectivity index (χ3n) is 4.74. The molecule has 128 valence electrons. The number of aromatic nitrogens is 3. The van der Waals surface area contributed by atoms with Crippen LogP contribution in [0.15, 0.2) is 18.2 Å². The Kier molecular flexibility index (Phi) is 4.55. The first-order valence-electron chi connectivity index (χ1n) is 8.56. The first kappa shape index (κ1) is 16.5. The van der Waals surface area contributed by atoms with Crippen molar-refractivity contribution >= 4 is 11.8 Å². The first-order valence-corrected chi connectivity index (χ1v) is 8.56. The summed E-state index contributed by atoms with van der Waals surface area (Å²) in [6.07, 6.45) is 4.30. The molecule has 2 aromatic rings. The van der Waals surface area contributed by atoms with Crippen molar-refractivity contribution in [3.8, 4) is 5.69 Å². The highest BCUT2D eigenvalue weighted by Crippen LogP contribution is 2.28. The normalized spacial score (nSPS) is 18.0. The molecule has 1 atom stereocenters. The summed E-state index contributed by atoms with van der Waals surface area (Å²) >= 11 is 0. The van der Waals surface area contributed by atoms with Gasteiger partial charge in [-0.2, -0.15) is 0 Å². The topological polar surface area (TPSA) is 71.2 Å². The molecular weight excluding hydrogens is 304 g/mol. The zero-order valence-corrected chi connectivity index (χ0v) is 14.5. The molecule has 0 saturated carbocycles. The van der Waals surface area contributed by atoms with Crippen molar-refractivity contribution in [1.82, 2.24) is 15.0 Å². The van der Waals surface area contributed by atoms with Crippen LogP contribution in [-0.2, 0) is 0 Å². The second-order valence-corrected chi connectivity index (χ2v) is 6.51. The molecule has 1 aromatic carbocycles. The molecule has 1 saturated heterocycles. The summed E-state index contributed by atoms with van der Waals surface area (Å²) < 4.78 is 0. The molecule has 6 nitrogen and oxygen atoms in total. The Balaban J connectivity index is 2.06. The van der Waals surface area contributed by atoms with Crippen LogP contribution in [0, 0.1) is 13.8 Å². The van der Waals surface area contributed by atoms with Crippen LogP contribution in [-0.4, -0.2) is 38.7 Å². The van der Waals surface area contributed by atoms with Crippen molar-refractivity contribution in [2.24, 2.45) is 0 Å². The molecule has 1 aliphatic rings. The smallest absolute Gasteiger partial charge is 0.360 e. The van der Waals surface area contributed by atoms with Gasteiger partial charge >= 0.3 is 5.97 Å². The van der Waals surface area contributed by atoms with E-state index in [1.165, 1.54) is 11.2 Å². The number of aromatic carboxylic acids is 1. The van der Waals surface area contributed by atoms with Gasteiger partial charge in [-0.15, -0.1) is 15.0 Å². The van der Waals surface area contributed by atoms with E-state index in [1.807, 2.05) is 26.0 Å². The molecule has 3 rings (SSSR count). The van der Waals surface area contributed by atoms with Gasteiger partial charge < -0.3 is 10.0 Å². The Morgan fingerprint density at radius 1 is 1.29 bits per heavy atom. The SMILES string of the molecule is CC[C@H]1CCCCN1c1nn(-c2ccc(C)cc2C)nc1C(=O)O. The Morgan fingerprint density at radius 2 is 2.08 bits per heavy atom. The van der Waals surface area contributed by atoms with E-state index in [1.54, 1.807) is 0 Å². The highest BCUT2D eigenvalue weighted by molar-refractivity contribution is 5.91. The molecule has 0 radical (unpaired) electrons. The molecule has 0 aliphatic carbocycles. The maximum absolute atomic E-state index is 11.7. The molecule has 24 heavy (non-hydrogen) atoms. The van der Waals surface area contributed by atoms with Crippen molar-refractivity contribution in [1.29, 1.82) is 0 Å². The van der Waals surface area contributed by atoms with Gasteiger partial charge in [-0.25, -0.2) is 4.79 Å². The number of carboxylic acids is 1. The summed E-state index contributed by atoms with van der Waals surface area (Å²) in [6.45, 7) is 6.99. The lowest BCUT2D eigenvalue weighted by Gasteiger charge is -2.35. The van der Waals surface area contributed by atoms with Crippen LogP contribution in [0.25, 0.3) is 5.69 Å². The average Bonchev–Trinajstić information content (AvgIpc) is 3.00. The molecule has 2 heterocycles. The molecular formula is C18H24N4O2. The van der Waals surface area contributed by atoms with Crippen LogP contribution >= 0.6 is 0 Å². The predicted octanol–water partition coefficient (Wildman–Crippen LogP) is 3.35. The van der Waals surface area contributed by atoms with E-state index in [4.69, 9.17) is 0 Å². The van der Waals surface area contributed by atoms with E-state index in [9.17, 15) is 9.90 Å². The lowest BCUT2D eigenvalue weighted by Crippen LogP contribution is -2.40. The Hall–Kier alpha value is -2.37. The third kappa shape index (κ3) is 3.00. The van der Waals surface area contributed by atoms with Crippen molar-refractivity contribution < 1.29 is 9.90 Å². The van der Waals surface area contributed by atoms with Gasteiger partial charge in [0.25, 0.3) is 0 Å². The van der Waals surface area contributed by atoms with Crippen LogP contribution in [0.4, 0.5) is 5.82 Å². The summed E-state index contributed by atoms with van der Waals surface area (Å²) in [5, 5.41) is 18.4. The van der Waals surface area contributed by atoms with E-state index in [0.29, 0.717) is 11.9 Å². The number of rotatable bonds is 4. The molecule has 1 aromatic heterocycles. The second-order valence-electron chi connectivity index (χ2n) is 6.51. The van der Waals surface area contributed by atoms with Crippen molar-refractivity contribution in [3.63, 3.8) is 0 Å². The molecule has 0 unspecified atom stereocenters. The number of benzene rings is 1. The van der Waals surface area contributed by atoms with Gasteiger partial charge in [-0.3, -0.25) is 0 Å². The minimum atomic E-state index is -1.03. The highest BCUT2D eigenvalue weighted by Gasteiger charge is 2.29. The largest absolute Gasteiger partial charge is 0.476 e. The van der Waals surface area contributed by atoms with Crippen LogP contribution in [0.5, 0.6) is 0 Å². The molecule has 0 amide bonds. The summed E-state index contributed by atoms with van der Waals surface area (Å²) in [5.74, 6) is -0.532. The fourth-order valence-electron chi connectivity index (χ4n) is 3.47. The number of piperidine rings is 1. The van der Waals surface area contributed by atoms with Gasteiger partial charge in [-0.05, 0) is 51.2 Å². The molecule has 0 bridgehead atoms. The van der Waals surface area contributed by atoms with Gasteiger partial charge in [0, 0.05) is 12.6 Å². The number of carbonyl (C=O) groups is 1. The summed E-state index contributed by atoms with van der Waals surface area (Å²) in [7, 11) is 0. The predicted molar refractivity (Wildman–Crippen MR) is 93.1 cm³/mol. The van der Waals surface area contributed by atoms with Crippen molar-refractivity contribution in [2.45, 2.75) is 52.5 Å². The molecule has 1 aliphatic heterocycles. The fourth-order valence-corrected chi connectivity index (χ4v) is 3.47. The third-order valence-corrected chi connectivity index (χ3v) is 4.74. The number of nitrogens with zero attached hydrogens (tertiary/aromatic N) is 4. The summed E-state index contributed by atoms with van der Waals surface area (Å²) in [5.41, 5.74) is 3.04. The van der Waals surface area contributed by atoms with E-state index in [-0.39, 0.29) is 5.69 Å². The lowest BCUT2D eigenvalue weighted by molar-refractivity contribution is 0.0690. The van der Waals surface area contributed by atoms with Gasteiger partial charge in [-0.1, -0.05) is 24.6 Å². The maximum Gasteiger partial charge on any atom is 0.360 e. The van der Waals surface area contributed by atoms with E-state index < -0.39 is 5.97 Å². The van der Waals surface area contributed by atoms with Crippen LogP contribution in [0.2, 0.25) is 0 Å². The number of hydrogen-bond donors (Lipinski definition) is 1. The van der Waals surface area contributed by atoms with Crippen LogP contribution < -0.4 is 4.90 Å². The molecule has 1 fully saturated rings. The monoisotopic (exact) mass is 328 g/mol. The van der Waals surface area contributed by atoms with E-state index in [0.717, 1.165) is 42.6 Å². The molecule has 1 N–H and O–H groups in total. The number of aryl methyl sites for hydroxylation is 2. The summed E-state index contributed by atoms with van der Waals surface area (Å²) in [4.78, 5) is 15.3. The van der Waals surface area contributed by atoms with Gasteiger partial charge in [0.05, 0.1) is 5.69 Å². The maximum atomic E-state index is 11.7. The Bertz CT molecular complexity index is 753. The zero-order valence-electron chi connectivity index (χ0n) is 14.5. The summed E-state index contributed by atoms with van der Waals surface area (Å²) in [6, 6.07) is 6.31. The lowest BCUT2D eigenvalue weighted by atomic mass is 10.00. The van der Waals surface area contributed by atoms with Crippen LogP contribution in [0.1, 0.15) is 54.2 Å². The van der Waals surface area contributed by atoms with Gasteiger partial charge in [0.2, 0.25) is 5.69 Å². The standard InChI is InChI=1S/C18H24N4O2/c1-4-14-7-5-6-10-21(14)17-16(18(23)24)19-22(20-17)15-9-8-12(2)11-13(15)3/h8-9,11,14H,4-7,10H2,1-3H3,(H,23,24)/t14-/m0/s1. The van der Waals surface area contributed by atoms with Crippen molar-refractivity contribution in [3.05, 3.63) is 35.0 Å². The minimum absolute atomic E-state index is 0.0373. The highest BCUT2D eigenvalue weighted by atomic mass is 16.4. The van der Waals surface area contributed by atoms with E-state index >= 15 is 0 Å². The minimum Gasteiger partial charge on any atom is -0.476 e. The first-order chi connectivity index (χ1) is 11.5. The zero-order chi connectivity index (χ0) is 17.3. The number of carboxylic acid groups (broad SMARTS) is 1. The number of hydrogen-bond acceptors (Lipinski definition) is 4. The van der Waals surface area contributed by atoms with Gasteiger partial charge in [0.1, 0.15) is 0 Å². The molecule has 0 spiro atoms. The Morgan fingerprint density at radius 3 is 2.75 bits per heavy atom. The van der Waals surface area contributed by atoms with Gasteiger partial charge in [0.15, 0.2) is 5.82 Å². The molecule has 6 heteroatoms. The van der Waals surface area contributed by atoms with E-state index in [2.05, 4.69) is 28.1 Å². The van der Waals surface area contributed by atoms with Crippen molar-refractivity contribution in [2.75, 3.05) is 11.4 Å². The number of anilines is 1. The second kappa shape index (κ2) is 6.63. The average molecular weight is 328 g/mol. The fraction of sp³-hybridized carbons (Fsp3) is 0.500.